The highest BCUT2D eigenvalue weighted by atomic mass is 16.3. The second-order valence-electron chi connectivity index (χ2n) is 5.61. The lowest BCUT2D eigenvalue weighted by Gasteiger charge is -2.15. The van der Waals surface area contributed by atoms with Gasteiger partial charge in [0.05, 0.1) is 6.21 Å². The van der Waals surface area contributed by atoms with Crippen molar-refractivity contribution in [2.45, 2.75) is 52.0 Å². The van der Waals surface area contributed by atoms with E-state index in [4.69, 9.17) is 0 Å². The molecule has 122 valence electrons. The van der Waals surface area contributed by atoms with Crippen molar-refractivity contribution in [2.24, 2.45) is 5.10 Å². The summed E-state index contributed by atoms with van der Waals surface area (Å²) in [6, 6.07) is 0. The number of nitrogens with zero attached hydrogens (tertiary/aromatic N) is 3. The Morgan fingerprint density at radius 3 is 2.55 bits per heavy atom. The van der Waals surface area contributed by atoms with E-state index in [0.717, 1.165) is 38.8 Å². The van der Waals surface area contributed by atoms with Crippen molar-refractivity contribution in [1.82, 2.24) is 14.6 Å². The van der Waals surface area contributed by atoms with Gasteiger partial charge in [-0.15, -0.1) is 0 Å². The van der Waals surface area contributed by atoms with Crippen molar-refractivity contribution in [3.63, 3.8) is 0 Å². The Bertz CT molecular complexity index is 625. The normalized spacial score (nSPS) is 16.1. The molecule has 0 saturated carbocycles. The monoisotopic (exact) mass is 308 g/mol. The number of hydrogen-bond donors (Lipinski definition) is 2. The number of nitrogens with one attached hydrogen (secondary N) is 1. The van der Waals surface area contributed by atoms with Gasteiger partial charge in [-0.3, -0.25) is 19.4 Å². The highest BCUT2D eigenvalue weighted by molar-refractivity contribution is 5.81. The van der Waals surface area contributed by atoms with E-state index in [9.17, 15) is 14.7 Å². The summed E-state index contributed by atoms with van der Waals surface area (Å²) in [6.45, 7) is 4.08. The van der Waals surface area contributed by atoms with Gasteiger partial charge in [0, 0.05) is 19.6 Å². The fourth-order valence-corrected chi connectivity index (χ4v) is 2.52. The first-order chi connectivity index (χ1) is 10.6. The summed E-state index contributed by atoms with van der Waals surface area (Å²) < 4.78 is 1.19. The van der Waals surface area contributed by atoms with Gasteiger partial charge in [-0.05, 0) is 19.3 Å². The minimum Gasteiger partial charge on any atom is -0.494 e. The number of aromatic hydroxyl groups is 1. The maximum Gasteiger partial charge on any atom is 0.331 e. The maximum absolute atomic E-state index is 11.9. The number of hydrogen-bond acceptors (Lipinski definition) is 5. The van der Waals surface area contributed by atoms with Gasteiger partial charge < -0.3 is 5.11 Å². The molecule has 2 heterocycles. The molecule has 0 radical (unpaired) electrons. The summed E-state index contributed by atoms with van der Waals surface area (Å²) in [4.78, 5) is 25.9. The van der Waals surface area contributed by atoms with Gasteiger partial charge in [-0.1, -0.05) is 26.2 Å². The highest BCUT2D eigenvalue weighted by Gasteiger charge is 2.13. The summed E-state index contributed by atoms with van der Waals surface area (Å²) in [5.41, 5.74) is -1.14. The van der Waals surface area contributed by atoms with Crippen LogP contribution in [0.3, 0.4) is 0 Å². The van der Waals surface area contributed by atoms with E-state index in [-0.39, 0.29) is 11.4 Å². The minimum absolute atomic E-state index is 0.0416. The van der Waals surface area contributed by atoms with Crippen molar-refractivity contribution >= 4 is 6.21 Å². The number of H-pyrrole nitrogens is 1. The molecule has 7 nitrogen and oxygen atoms in total. The Hall–Kier alpha value is -2.05. The van der Waals surface area contributed by atoms with E-state index in [1.165, 1.54) is 23.6 Å². The third-order valence-corrected chi connectivity index (χ3v) is 3.87. The molecule has 2 N–H and O–H groups in total. The molecule has 0 unspecified atom stereocenters. The van der Waals surface area contributed by atoms with Crippen LogP contribution in [-0.4, -0.2) is 39.0 Å². The third kappa shape index (κ3) is 3.99. The van der Waals surface area contributed by atoms with Gasteiger partial charge in [-0.2, -0.15) is 5.10 Å². The molecule has 0 amide bonds. The lowest BCUT2D eigenvalue weighted by molar-refractivity contribution is 0.302. The van der Waals surface area contributed by atoms with E-state index in [2.05, 4.69) is 10.1 Å². The molecule has 2 rings (SSSR count). The van der Waals surface area contributed by atoms with Gasteiger partial charge in [0.25, 0.3) is 5.56 Å². The first kappa shape index (κ1) is 16.3. The van der Waals surface area contributed by atoms with E-state index >= 15 is 0 Å². The Balaban J connectivity index is 2.25. The zero-order valence-corrected chi connectivity index (χ0v) is 13.0. The van der Waals surface area contributed by atoms with Crippen LogP contribution in [0.5, 0.6) is 5.88 Å². The van der Waals surface area contributed by atoms with E-state index in [1.807, 2.05) is 11.9 Å². The molecule has 0 aromatic carbocycles. The van der Waals surface area contributed by atoms with Crippen LogP contribution in [0, 0.1) is 0 Å². The zero-order chi connectivity index (χ0) is 15.9. The summed E-state index contributed by atoms with van der Waals surface area (Å²) in [7, 11) is 0. The predicted molar refractivity (Wildman–Crippen MR) is 85.5 cm³/mol. The summed E-state index contributed by atoms with van der Waals surface area (Å²) in [5, 5.41) is 16.4. The molecule has 1 aromatic rings. The SMILES string of the molecule is CCCCn1c(O)c(/C=N/N2CCCCCC2)c(=O)[nH]c1=O. The number of aromatic amines is 1. The zero-order valence-electron chi connectivity index (χ0n) is 13.0. The molecule has 22 heavy (non-hydrogen) atoms. The van der Waals surface area contributed by atoms with Crippen LogP contribution in [0.1, 0.15) is 51.0 Å². The second kappa shape index (κ2) is 7.82. The van der Waals surface area contributed by atoms with Crippen LogP contribution in [0.2, 0.25) is 0 Å². The standard InChI is InChI=1S/C15H24N4O3/c1-2-3-10-19-14(21)12(13(20)17-15(19)22)11-16-18-8-6-4-5-7-9-18/h11,21H,2-10H2,1H3,(H,17,20,22)/b16-11+. The molecule has 0 aliphatic carbocycles. The Morgan fingerprint density at radius 2 is 1.91 bits per heavy atom. The molecule has 0 atom stereocenters. The largest absolute Gasteiger partial charge is 0.494 e. The smallest absolute Gasteiger partial charge is 0.331 e. The van der Waals surface area contributed by atoms with Crippen LogP contribution in [0.15, 0.2) is 14.7 Å². The number of hydrazone groups is 1. The first-order valence-corrected chi connectivity index (χ1v) is 7.98. The van der Waals surface area contributed by atoms with Crippen LogP contribution in [0.4, 0.5) is 0 Å². The van der Waals surface area contributed by atoms with Crippen LogP contribution in [0.25, 0.3) is 0 Å². The van der Waals surface area contributed by atoms with Crippen molar-refractivity contribution in [3.8, 4) is 5.88 Å². The van der Waals surface area contributed by atoms with Crippen molar-refractivity contribution in [3.05, 3.63) is 26.4 Å². The lowest BCUT2D eigenvalue weighted by atomic mass is 10.2. The Labute approximate surface area is 129 Å². The quantitative estimate of drug-likeness (QED) is 0.801. The minimum atomic E-state index is -0.603. The van der Waals surface area contributed by atoms with E-state index in [0.29, 0.717) is 6.54 Å². The molecule has 1 fully saturated rings. The molecule has 1 aromatic heterocycles. The molecular formula is C15H24N4O3. The average Bonchev–Trinajstić information content (AvgIpc) is 2.75. The molecule has 0 bridgehead atoms. The third-order valence-electron chi connectivity index (χ3n) is 3.87. The van der Waals surface area contributed by atoms with Gasteiger partial charge in [0.1, 0.15) is 5.56 Å². The van der Waals surface area contributed by atoms with Crippen LogP contribution in [-0.2, 0) is 6.54 Å². The first-order valence-electron chi connectivity index (χ1n) is 7.98. The molecule has 0 spiro atoms. The lowest BCUT2D eigenvalue weighted by Crippen LogP contribution is -2.32. The van der Waals surface area contributed by atoms with Crippen molar-refractivity contribution in [2.75, 3.05) is 13.1 Å². The maximum atomic E-state index is 11.9. The fraction of sp³-hybridized carbons (Fsp3) is 0.667. The van der Waals surface area contributed by atoms with Crippen LogP contribution < -0.4 is 11.2 Å². The summed E-state index contributed by atoms with van der Waals surface area (Å²) in [6.07, 6.45) is 7.55. The van der Waals surface area contributed by atoms with Gasteiger partial charge in [0.15, 0.2) is 0 Å². The topological polar surface area (TPSA) is 90.7 Å². The van der Waals surface area contributed by atoms with Crippen molar-refractivity contribution < 1.29 is 5.11 Å². The fourth-order valence-electron chi connectivity index (χ4n) is 2.52. The highest BCUT2D eigenvalue weighted by Crippen LogP contribution is 2.12. The molecule has 7 heteroatoms. The molecule has 1 aliphatic rings. The number of aromatic nitrogens is 2. The molecular weight excluding hydrogens is 284 g/mol. The van der Waals surface area contributed by atoms with Gasteiger partial charge in [0.2, 0.25) is 5.88 Å². The van der Waals surface area contributed by atoms with Gasteiger partial charge >= 0.3 is 5.69 Å². The Morgan fingerprint density at radius 1 is 1.23 bits per heavy atom. The van der Waals surface area contributed by atoms with E-state index < -0.39 is 11.2 Å². The van der Waals surface area contributed by atoms with E-state index in [1.54, 1.807) is 0 Å². The summed E-state index contributed by atoms with van der Waals surface area (Å²) in [5.74, 6) is -0.305. The second-order valence-corrected chi connectivity index (χ2v) is 5.61. The van der Waals surface area contributed by atoms with Crippen LogP contribution >= 0.6 is 0 Å². The number of rotatable bonds is 5. The Kier molecular flexibility index (Phi) is 5.80. The van der Waals surface area contributed by atoms with Crippen molar-refractivity contribution in [1.29, 1.82) is 0 Å². The number of unbranched alkanes of at least 4 members (excludes halogenated alkanes) is 1. The summed E-state index contributed by atoms with van der Waals surface area (Å²) >= 11 is 0. The molecule has 1 aliphatic heterocycles. The molecule has 1 saturated heterocycles. The predicted octanol–water partition coefficient (Wildman–Crippen LogP) is 1.25. The average molecular weight is 308 g/mol. The van der Waals surface area contributed by atoms with Gasteiger partial charge in [-0.25, -0.2) is 4.79 Å².